The van der Waals surface area contributed by atoms with Crippen LogP contribution in [0.15, 0.2) is 119 Å². The molecule has 0 aromatic heterocycles. The Kier molecular flexibility index (Phi) is 9.86. The maximum Gasteiger partial charge on any atom is 0.179 e. The average molecular weight is 741 g/mol. The quantitative estimate of drug-likeness (QED) is 0.151. The van der Waals surface area contributed by atoms with Crippen LogP contribution < -0.4 is 0 Å². The fourth-order valence-electron chi connectivity index (χ4n) is 9.49. The van der Waals surface area contributed by atoms with Crippen molar-refractivity contribution in [2.24, 2.45) is 10.8 Å². The van der Waals surface area contributed by atoms with E-state index < -0.39 is 30.9 Å². The number of hydrogen-bond acceptors (Lipinski definition) is 6. The number of unbranched alkanes of at least 4 members (excludes halogenated alkanes) is 2. The number of rotatable bonds is 10. The molecule has 0 radical (unpaired) electrons. The van der Waals surface area contributed by atoms with Crippen molar-refractivity contribution in [1.29, 1.82) is 0 Å². The van der Waals surface area contributed by atoms with E-state index in [1.165, 1.54) is 0 Å². The molecule has 0 aliphatic carbocycles. The van der Waals surface area contributed by atoms with Crippen molar-refractivity contribution in [2.45, 2.75) is 112 Å². The molecule has 8 heteroatoms. The van der Waals surface area contributed by atoms with Crippen molar-refractivity contribution < 1.29 is 26.3 Å². The van der Waals surface area contributed by atoms with Crippen LogP contribution in [0.1, 0.15) is 101 Å². The summed E-state index contributed by atoms with van der Waals surface area (Å²) >= 11 is 0. The number of benzene rings is 4. The zero-order chi connectivity index (χ0) is 36.8. The lowest BCUT2D eigenvalue weighted by molar-refractivity contribution is 0.191. The Morgan fingerprint density at radius 3 is 1.21 bits per heavy atom. The highest BCUT2D eigenvalue weighted by molar-refractivity contribution is 7.91. The average Bonchev–Trinajstić information content (AvgIpc) is 4.10. The Hall–Kier alpha value is -3.30. The first-order chi connectivity index (χ1) is 25.0. The summed E-state index contributed by atoms with van der Waals surface area (Å²) in [5, 5.41) is 0. The van der Waals surface area contributed by atoms with Crippen molar-refractivity contribution in [3.63, 3.8) is 0 Å². The van der Waals surface area contributed by atoms with Gasteiger partial charge in [-0.05, 0) is 48.9 Å². The van der Waals surface area contributed by atoms with E-state index in [4.69, 9.17) is 9.47 Å². The summed E-state index contributed by atoms with van der Waals surface area (Å²) in [4.78, 5) is 0.886. The van der Waals surface area contributed by atoms with Crippen LogP contribution in [-0.2, 0) is 40.4 Å². The van der Waals surface area contributed by atoms with E-state index in [-0.39, 0.29) is 34.5 Å². The molecule has 52 heavy (non-hydrogen) atoms. The van der Waals surface area contributed by atoms with Crippen molar-refractivity contribution in [2.75, 3.05) is 11.5 Å². The van der Waals surface area contributed by atoms with E-state index in [1.807, 2.05) is 72.8 Å². The molecular formula is C44H52O6S2. The van der Waals surface area contributed by atoms with Crippen LogP contribution in [0.5, 0.6) is 0 Å². The molecular weight excluding hydrogens is 689 g/mol. The van der Waals surface area contributed by atoms with Gasteiger partial charge < -0.3 is 9.47 Å². The second-order valence-corrected chi connectivity index (χ2v) is 19.3. The zero-order valence-electron chi connectivity index (χ0n) is 30.9. The third-order valence-corrected chi connectivity index (χ3v) is 16.4. The molecule has 4 aliphatic rings. The van der Waals surface area contributed by atoms with Gasteiger partial charge in [0.1, 0.15) is 23.4 Å². The number of fused-ring (bicyclic) bond motifs is 6. The molecule has 0 N–H and O–H groups in total. The topological polar surface area (TPSA) is 93.3 Å². The maximum atomic E-state index is 13.3. The van der Waals surface area contributed by atoms with E-state index in [9.17, 15) is 16.8 Å². The van der Waals surface area contributed by atoms with Gasteiger partial charge in [-0.25, -0.2) is 16.8 Å². The molecule has 0 bridgehead atoms. The van der Waals surface area contributed by atoms with Gasteiger partial charge in [0.25, 0.3) is 0 Å². The summed E-state index contributed by atoms with van der Waals surface area (Å²) in [7, 11) is -6.71. The molecule has 0 saturated carbocycles. The third-order valence-electron chi connectivity index (χ3n) is 12.4. The van der Waals surface area contributed by atoms with Gasteiger partial charge in [-0.1, -0.05) is 150 Å². The Balaban J connectivity index is 0.000000162. The second kappa shape index (κ2) is 13.8. The lowest BCUT2D eigenvalue weighted by atomic mass is 9.71. The van der Waals surface area contributed by atoms with Crippen LogP contribution in [0, 0.1) is 10.8 Å². The molecule has 4 heterocycles. The van der Waals surface area contributed by atoms with Crippen LogP contribution in [0.25, 0.3) is 0 Å². The molecule has 8 rings (SSSR count). The minimum Gasteiger partial charge on any atom is -0.355 e. The predicted octanol–water partition coefficient (Wildman–Crippen LogP) is 9.41. The summed E-state index contributed by atoms with van der Waals surface area (Å²) in [5.41, 5.74) is 1.78. The first-order valence-corrected chi connectivity index (χ1v) is 22.4. The van der Waals surface area contributed by atoms with Gasteiger partial charge in [0.05, 0.1) is 21.3 Å². The van der Waals surface area contributed by atoms with E-state index in [1.54, 1.807) is 12.1 Å². The number of sulfone groups is 2. The molecule has 2 saturated heterocycles. The highest BCUT2D eigenvalue weighted by Gasteiger charge is 2.71. The molecule has 4 aromatic rings. The Labute approximate surface area is 310 Å². The third kappa shape index (κ3) is 5.89. The van der Waals surface area contributed by atoms with Crippen molar-refractivity contribution in [3.8, 4) is 0 Å². The highest BCUT2D eigenvalue weighted by Crippen LogP contribution is 2.65. The molecule has 2 fully saturated rings. The molecule has 276 valence electrons. The van der Waals surface area contributed by atoms with Gasteiger partial charge in [-0.2, -0.15) is 0 Å². The van der Waals surface area contributed by atoms with E-state index in [0.29, 0.717) is 9.79 Å². The molecule has 6 nitrogen and oxygen atoms in total. The maximum absolute atomic E-state index is 13.3. The largest absolute Gasteiger partial charge is 0.355 e. The van der Waals surface area contributed by atoms with Crippen LogP contribution in [-0.4, -0.2) is 40.5 Å². The minimum atomic E-state index is -3.36. The highest BCUT2D eigenvalue weighted by atomic mass is 32.2. The normalized spacial score (nSPS) is 31.5. The smallest absolute Gasteiger partial charge is 0.179 e. The van der Waals surface area contributed by atoms with Crippen LogP contribution in [0.2, 0.25) is 0 Å². The molecule has 1 unspecified atom stereocenters. The van der Waals surface area contributed by atoms with Gasteiger partial charge in [-0.15, -0.1) is 0 Å². The summed E-state index contributed by atoms with van der Waals surface area (Å²) in [5.74, 6) is 0.347. The van der Waals surface area contributed by atoms with E-state index >= 15 is 0 Å². The summed E-state index contributed by atoms with van der Waals surface area (Å²) in [6.45, 7) is 8.53. The molecule has 0 spiro atoms. The van der Waals surface area contributed by atoms with Crippen LogP contribution in [0.4, 0.5) is 0 Å². The molecule has 4 aromatic carbocycles. The predicted molar refractivity (Wildman–Crippen MR) is 206 cm³/mol. The van der Waals surface area contributed by atoms with Gasteiger partial charge in [0.15, 0.2) is 19.7 Å². The summed E-state index contributed by atoms with van der Waals surface area (Å²) < 4.78 is 66.2. The Bertz CT molecular complexity index is 1960. The first kappa shape index (κ1) is 37.0. The number of hydrogen-bond donors (Lipinski definition) is 0. The SMILES string of the molecule is CCCC[C@]1(CC)CS(=O)(=O)c2ccccc2[C@@]2(c3ccccc3)OC12.CCCC[C@]1(CC)CS(=O)(=O)c2ccccc2[C@]2(c3ccccc3)O[C@H]12. The van der Waals surface area contributed by atoms with Crippen molar-refractivity contribution in [1.82, 2.24) is 0 Å². The Morgan fingerprint density at radius 2 is 0.865 bits per heavy atom. The molecule has 0 amide bonds. The minimum absolute atomic E-state index is 0.0904. The lowest BCUT2D eigenvalue weighted by Gasteiger charge is -2.31. The summed E-state index contributed by atoms with van der Waals surface area (Å²) in [6, 6.07) is 35.1. The molecule has 6 atom stereocenters. The van der Waals surface area contributed by atoms with Gasteiger partial charge in [-0.3, -0.25) is 0 Å². The van der Waals surface area contributed by atoms with Crippen LogP contribution in [0.3, 0.4) is 0 Å². The summed E-state index contributed by atoms with van der Waals surface area (Å²) in [6.07, 6.45) is 7.34. The number of ether oxygens (including phenoxy) is 2. The lowest BCUT2D eigenvalue weighted by Crippen LogP contribution is -2.36. The van der Waals surface area contributed by atoms with Gasteiger partial charge >= 0.3 is 0 Å². The van der Waals surface area contributed by atoms with Crippen molar-refractivity contribution in [3.05, 3.63) is 131 Å². The van der Waals surface area contributed by atoms with E-state index in [0.717, 1.165) is 73.6 Å². The second-order valence-electron chi connectivity index (χ2n) is 15.3. The zero-order valence-corrected chi connectivity index (χ0v) is 32.5. The fraction of sp³-hybridized carbons (Fsp3) is 0.455. The van der Waals surface area contributed by atoms with Gasteiger partial charge in [0, 0.05) is 22.0 Å². The van der Waals surface area contributed by atoms with Crippen molar-refractivity contribution >= 4 is 19.7 Å². The van der Waals surface area contributed by atoms with Crippen LogP contribution >= 0.6 is 0 Å². The number of epoxide rings is 2. The Morgan fingerprint density at radius 1 is 0.519 bits per heavy atom. The standard InChI is InChI=1S/2C22H26O3S/c2*1-3-5-15-21(4-2)16-26(23,24)19-14-10-9-13-18(19)22(20(21)25-22)17-11-7-6-8-12-17/h2*6-14,20H,3-5,15-16H2,1-2H3/t20?,21-,22-;20-,21-,22+/m11/s1. The van der Waals surface area contributed by atoms with E-state index in [2.05, 4.69) is 52.0 Å². The monoisotopic (exact) mass is 740 g/mol. The first-order valence-electron chi connectivity index (χ1n) is 19.1. The fourth-order valence-corrected chi connectivity index (χ4v) is 14.0. The molecule has 4 aliphatic heterocycles. The van der Waals surface area contributed by atoms with Gasteiger partial charge in [0.2, 0.25) is 0 Å².